The molecule has 6 heterocycles. The van der Waals surface area contributed by atoms with Crippen molar-refractivity contribution in [3.63, 3.8) is 0 Å². The van der Waals surface area contributed by atoms with Gasteiger partial charge in [-0.15, -0.1) is 0 Å². The zero-order valence-corrected chi connectivity index (χ0v) is 25.5. The van der Waals surface area contributed by atoms with E-state index in [9.17, 15) is 9.59 Å². The Hall–Kier alpha value is -0.280. The molecule has 8 heteroatoms. The lowest BCUT2D eigenvalue weighted by Gasteiger charge is -2.64. The highest BCUT2D eigenvalue weighted by Crippen LogP contribution is 2.77. The summed E-state index contributed by atoms with van der Waals surface area (Å²) in [6.45, 7) is 18.0. The molecule has 0 spiro atoms. The first kappa shape index (κ1) is 28.7. The van der Waals surface area contributed by atoms with Gasteiger partial charge in [-0.25, -0.2) is 0 Å². The minimum absolute atomic E-state index is 0.0578. The number of fused-ring (bicyclic) bond motifs is 4. The number of hydrogen-bond donors (Lipinski definition) is 0. The van der Waals surface area contributed by atoms with Gasteiger partial charge in [0.15, 0.2) is 0 Å². The van der Waals surface area contributed by atoms with Crippen LogP contribution in [0.1, 0.15) is 120 Å². The van der Waals surface area contributed by atoms with E-state index < -0.39 is 16.3 Å². The van der Waals surface area contributed by atoms with E-state index in [1.807, 2.05) is 0 Å². The molecule has 6 aliphatic heterocycles. The first-order chi connectivity index (χ1) is 16.7. The van der Waals surface area contributed by atoms with Crippen LogP contribution in [0.5, 0.6) is 0 Å². The van der Waals surface area contributed by atoms with Crippen LogP contribution in [0.25, 0.3) is 0 Å². The number of esters is 2. The molecule has 4 bridgehead atoms. The highest BCUT2D eigenvalue weighted by molar-refractivity contribution is 7.58. The van der Waals surface area contributed by atoms with Gasteiger partial charge in [-0.05, 0) is 25.7 Å². The Morgan fingerprint density at radius 1 is 0.639 bits per heavy atom. The summed E-state index contributed by atoms with van der Waals surface area (Å²) in [5.41, 5.74) is 0. The Balaban J connectivity index is 1.04. The molecule has 0 radical (unpaired) electrons. The lowest BCUT2D eigenvalue weighted by atomic mass is 9.91. The Morgan fingerprint density at radius 2 is 0.972 bits per heavy atom. The van der Waals surface area contributed by atoms with Crippen molar-refractivity contribution in [1.82, 2.24) is 0 Å². The maximum absolute atomic E-state index is 12.4. The number of unbranched alkanes of at least 4 members (excludes halogenated alkanes) is 5. The molecule has 0 amide bonds. The highest BCUT2D eigenvalue weighted by Gasteiger charge is 2.66. The molecule has 0 aliphatic carbocycles. The maximum atomic E-state index is 12.4. The van der Waals surface area contributed by atoms with Crippen LogP contribution in [-0.4, -0.2) is 57.0 Å². The molecule has 206 valence electrons. The van der Waals surface area contributed by atoms with Gasteiger partial charge in [0, 0.05) is 49.8 Å². The minimum Gasteiger partial charge on any atom is -0.460 e. The van der Waals surface area contributed by atoms with Crippen molar-refractivity contribution in [2.75, 3.05) is 0 Å². The minimum atomic E-state index is -0.450. The van der Waals surface area contributed by atoms with Crippen molar-refractivity contribution in [3.8, 4) is 0 Å². The topological polar surface area (TPSA) is 71.1 Å². The molecular formula is C28H48O6P2. The van der Waals surface area contributed by atoms with E-state index in [0.29, 0.717) is 12.8 Å². The standard InChI is InChI=1S/C28H48O6P2/c1-25(2)17-19(23-27(5,6)35(25)33-23)31-21(29)15-13-11-9-10-12-14-16-22(30)32-20-18-26(3,4)36-28(7,8)24(20)34-36/h19-20,23-24H,9-18H2,1-8H3. The monoisotopic (exact) mass is 542 g/mol. The number of hydrogen-bond acceptors (Lipinski definition) is 6. The molecule has 6 nitrogen and oxygen atoms in total. The van der Waals surface area contributed by atoms with E-state index in [-0.39, 0.29) is 57.0 Å². The average Bonchev–Trinajstić information content (AvgIpc) is 2.72. The third-order valence-corrected chi connectivity index (χ3v) is 14.7. The van der Waals surface area contributed by atoms with E-state index >= 15 is 0 Å². The van der Waals surface area contributed by atoms with Crippen molar-refractivity contribution in [3.05, 3.63) is 0 Å². The molecule has 6 saturated heterocycles. The lowest BCUT2D eigenvalue weighted by Crippen LogP contribution is -2.63. The van der Waals surface area contributed by atoms with Gasteiger partial charge in [0.25, 0.3) is 0 Å². The van der Waals surface area contributed by atoms with Crippen molar-refractivity contribution < 1.29 is 28.1 Å². The first-order valence-corrected chi connectivity index (χ1v) is 16.5. The summed E-state index contributed by atoms with van der Waals surface area (Å²) in [5, 5.41) is 0.465. The Bertz CT molecular complexity index is 754. The number of rotatable bonds is 11. The molecule has 6 unspecified atom stereocenters. The molecule has 0 N–H and O–H groups in total. The number of carbonyl (C=O) groups excluding carboxylic acids is 2. The van der Waals surface area contributed by atoms with Gasteiger partial charge in [0.05, 0.1) is 0 Å². The highest BCUT2D eigenvalue weighted by atomic mass is 31.1. The van der Waals surface area contributed by atoms with Crippen LogP contribution in [0, 0.1) is 0 Å². The van der Waals surface area contributed by atoms with Crippen molar-refractivity contribution in [1.29, 1.82) is 0 Å². The van der Waals surface area contributed by atoms with Crippen LogP contribution in [0.4, 0.5) is 0 Å². The SMILES string of the molecule is CC1(C)CC(OC(=O)CCCCCCCCC(=O)OC2CC(C)(C)P3OC2C3(C)C)C2OP1C2(C)C. The molecule has 0 aromatic carbocycles. The summed E-state index contributed by atoms with van der Waals surface area (Å²) < 4.78 is 24.0. The third-order valence-electron chi connectivity index (χ3n) is 8.63. The Labute approximate surface area is 221 Å². The first-order valence-electron chi connectivity index (χ1n) is 14.0. The third kappa shape index (κ3) is 5.54. The van der Waals surface area contributed by atoms with Gasteiger partial charge in [0.1, 0.15) is 24.4 Å². The van der Waals surface area contributed by atoms with Crippen LogP contribution in [-0.2, 0) is 28.1 Å². The fourth-order valence-electron chi connectivity index (χ4n) is 7.05. The van der Waals surface area contributed by atoms with Gasteiger partial charge in [0.2, 0.25) is 0 Å². The molecule has 6 aliphatic rings. The largest absolute Gasteiger partial charge is 0.460 e. The molecule has 6 rings (SSSR count). The molecular weight excluding hydrogens is 494 g/mol. The molecule has 0 saturated carbocycles. The van der Waals surface area contributed by atoms with Crippen molar-refractivity contribution >= 4 is 28.2 Å². The fourth-order valence-corrected chi connectivity index (χ4v) is 13.8. The molecule has 0 aromatic rings. The summed E-state index contributed by atoms with van der Waals surface area (Å²) in [7, 11) is -0.900. The van der Waals surface area contributed by atoms with E-state index in [4.69, 9.17) is 18.5 Å². The molecule has 6 atom stereocenters. The summed E-state index contributed by atoms with van der Waals surface area (Å²) in [6.07, 6.45) is 8.56. The smallest absolute Gasteiger partial charge is 0.306 e. The lowest BCUT2D eigenvalue weighted by molar-refractivity contribution is -0.162. The summed E-state index contributed by atoms with van der Waals surface area (Å²) in [6, 6.07) is 0. The van der Waals surface area contributed by atoms with Crippen LogP contribution in [0.3, 0.4) is 0 Å². The quantitative estimate of drug-likeness (QED) is 0.153. The van der Waals surface area contributed by atoms with Crippen LogP contribution >= 0.6 is 16.3 Å². The molecule has 36 heavy (non-hydrogen) atoms. The normalized spacial score (nSPS) is 36.2. The van der Waals surface area contributed by atoms with Crippen LogP contribution in [0.15, 0.2) is 0 Å². The predicted octanol–water partition coefficient (Wildman–Crippen LogP) is 7.44. The summed E-state index contributed by atoms with van der Waals surface area (Å²) in [5.74, 6) is -0.179. The zero-order chi connectivity index (χ0) is 26.5. The van der Waals surface area contributed by atoms with Gasteiger partial charge in [-0.3, -0.25) is 9.59 Å². The van der Waals surface area contributed by atoms with Crippen molar-refractivity contribution in [2.45, 2.75) is 165 Å². The van der Waals surface area contributed by atoms with Gasteiger partial charge < -0.3 is 18.5 Å². The van der Waals surface area contributed by atoms with Crippen LogP contribution in [0.2, 0.25) is 0 Å². The molecule has 6 fully saturated rings. The second-order valence-electron chi connectivity index (χ2n) is 13.7. The van der Waals surface area contributed by atoms with E-state index in [0.717, 1.165) is 51.4 Å². The summed E-state index contributed by atoms with van der Waals surface area (Å²) in [4.78, 5) is 24.9. The van der Waals surface area contributed by atoms with Gasteiger partial charge >= 0.3 is 11.9 Å². The van der Waals surface area contributed by atoms with E-state index in [1.165, 1.54) is 0 Å². The maximum Gasteiger partial charge on any atom is 0.306 e. The fraction of sp³-hybridized carbons (Fsp3) is 0.929. The second kappa shape index (κ2) is 10.4. The second-order valence-corrected chi connectivity index (χ2v) is 20.0. The Morgan fingerprint density at radius 3 is 1.28 bits per heavy atom. The van der Waals surface area contributed by atoms with Crippen LogP contribution < -0.4 is 0 Å². The Kier molecular flexibility index (Phi) is 8.27. The van der Waals surface area contributed by atoms with Gasteiger partial charge in [-0.2, -0.15) is 0 Å². The van der Waals surface area contributed by atoms with Crippen molar-refractivity contribution in [2.24, 2.45) is 0 Å². The van der Waals surface area contributed by atoms with E-state index in [1.54, 1.807) is 0 Å². The number of carbonyl (C=O) groups is 2. The van der Waals surface area contributed by atoms with E-state index in [2.05, 4.69) is 55.4 Å². The predicted molar refractivity (Wildman–Crippen MR) is 146 cm³/mol. The number of ether oxygens (including phenoxy) is 2. The summed E-state index contributed by atoms with van der Waals surface area (Å²) >= 11 is 0. The zero-order valence-electron chi connectivity index (χ0n) is 23.7. The van der Waals surface area contributed by atoms with Gasteiger partial charge in [-0.1, -0.05) is 81.1 Å². The molecule has 0 aromatic heterocycles. The average molecular weight is 543 g/mol.